The lowest BCUT2D eigenvalue weighted by Gasteiger charge is -2.15. The van der Waals surface area contributed by atoms with Crippen molar-refractivity contribution in [2.45, 2.75) is 20.3 Å². The van der Waals surface area contributed by atoms with Crippen molar-refractivity contribution in [3.05, 3.63) is 81.9 Å². The normalized spacial score (nSPS) is 16.1. The molecule has 4 heteroatoms. The first-order valence-electron chi connectivity index (χ1n) is 8.69. The average Bonchev–Trinajstić information content (AvgIpc) is 2.62. The van der Waals surface area contributed by atoms with Crippen molar-refractivity contribution in [1.29, 1.82) is 0 Å². The van der Waals surface area contributed by atoms with Crippen LogP contribution in [0, 0.1) is 12.8 Å². The molecule has 2 aromatic rings. The molecule has 1 amide bonds. The SMILES string of the molecule is Cc1cccc(NC(=O)c2cc(Br)ccc2OCC2=CCC(C)C=C2)c1. The lowest BCUT2D eigenvalue weighted by atomic mass is 9.99. The zero-order valence-corrected chi connectivity index (χ0v) is 16.5. The van der Waals surface area contributed by atoms with Gasteiger partial charge in [-0.25, -0.2) is 0 Å². The van der Waals surface area contributed by atoms with E-state index in [1.54, 1.807) is 6.07 Å². The number of amides is 1. The van der Waals surface area contributed by atoms with Gasteiger partial charge in [-0.1, -0.05) is 53.2 Å². The first-order chi connectivity index (χ1) is 12.5. The van der Waals surface area contributed by atoms with E-state index in [1.807, 2.05) is 43.3 Å². The van der Waals surface area contributed by atoms with Gasteiger partial charge in [-0.3, -0.25) is 4.79 Å². The highest BCUT2D eigenvalue weighted by Crippen LogP contribution is 2.26. The number of anilines is 1. The van der Waals surface area contributed by atoms with Gasteiger partial charge in [0, 0.05) is 10.2 Å². The molecule has 1 aliphatic carbocycles. The number of rotatable bonds is 5. The van der Waals surface area contributed by atoms with Gasteiger partial charge in [0.1, 0.15) is 12.4 Å². The molecule has 1 aliphatic rings. The van der Waals surface area contributed by atoms with E-state index in [-0.39, 0.29) is 5.91 Å². The quantitative estimate of drug-likeness (QED) is 0.663. The smallest absolute Gasteiger partial charge is 0.259 e. The Morgan fingerprint density at radius 3 is 2.85 bits per heavy atom. The summed E-state index contributed by atoms with van der Waals surface area (Å²) in [5.74, 6) is 0.960. The minimum absolute atomic E-state index is 0.186. The van der Waals surface area contributed by atoms with Crippen molar-refractivity contribution in [2.75, 3.05) is 11.9 Å². The maximum atomic E-state index is 12.8. The Hall–Kier alpha value is -2.33. The molecule has 0 saturated carbocycles. The zero-order valence-electron chi connectivity index (χ0n) is 15.0. The molecule has 0 spiro atoms. The van der Waals surface area contributed by atoms with Crippen molar-refractivity contribution >= 4 is 27.5 Å². The van der Waals surface area contributed by atoms with E-state index in [2.05, 4.69) is 46.4 Å². The molecule has 0 bridgehead atoms. The van der Waals surface area contributed by atoms with Crippen LogP contribution in [0.25, 0.3) is 0 Å². The van der Waals surface area contributed by atoms with Gasteiger partial charge in [0.05, 0.1) is 5.56 Å². The highest BCUT2D eigenvalue weighted by Gasteiger charge is 2.15. The van der Waals surface area contributed by atoms with Crippen molar-refractivity contribution in [3.63, 3.8) is 0 Å². The van der Waals surface area contributed by atoms with Crippen LogP contribution in [0.1, 0.15) is 29.3 Å². The van der Waals surface area contributed by atoms with Crippen LogP contribution in [0.3, 0.4) is 0 Å². The van der Waals surface area contributed by atoms with E-state index in [0.29, 0.717) is 23.8 Å². The van der Waals surface area contributed by atoms with Crippen LogP contribution in [-0.2, 0) is 0 Å². The third-order valence-corrected chi connectivity index (χ3v) is 4.74. The van der Waals surface area contributed by atoms with E-state index < -0.39 is 0 Å². The molecular formula is C22H22BrNO2. The second-order valence-corrected chi connectivity index (χ2v) is 7.52. The van der Waals surface area contributed by atoms with Gasteiger partial charge in [-0.05, 0) is 60.7 Å². The minimum atomic E-state index is -0.186. The van der Waals surface area contributed by atoms with E-state index in [0.717, 1.165) is 27.7 Å². The van der Waals surface area contributed by atoms with E-state index >= 15 is 0 Å². The van der Waals surface area contributed by atoms with E-state index in [9.17, 15) is 4.79 Å². The van der Waals surface area contributed by atoms with Crippen molar-refractivity contribution in [2.24, 2.45) is 5.92 Å². The highest BCUT2D eigenvalue weighted by molar-refractivity contribution is 9.10. The summed E-state index contributed by atoms with van der Waals surface area (Å²) in [7, 11) is 0. The Labute approximate surface area is 162 Å². The van der Waals surface area contributed by atoms with Crippen molar-refractivity contribution < 1.29 is 9.53 Å². The number of hydrogen-bond donors (Lipinski definition) is 1. The van der Waals surface area contributed by atoms with Gasteiger partial charge in [0.25, 0.3) is 5.91 Å². The Morgan fingerprint density at radius 2 is 2.12 bits per heavy atom. The summed E-state index contributed by atoms with van der Waals surface area (Å²) in [6, 6.07) is 13.2. The van der Waals surface area contributed by atoms with E-state index in [4.69, 9.17) is 4.74 Å². The minimum Gasteiger partial charge on any atom is -0.488 e. The first-order valence-corrected chi connectivity index (χ1v) is 9.48. The third-order valence-electron chi connectivity index (χ3n) is 4.25. The Bertz CT molecular complexity index is 870. The number of carbonyl (C=O) groups excluding carboxylic acids is 1. The van der Waals surface area contributed by atoms with Crippen molar-refractivity contribution in [1.82, 2.24) is 0 Å². The topological polar surface area (TPSA) is 38.3 Å². The molecule has 1 atom stereocenters. The molecule has 134 valence electrons. The molecule has 26 heavy (non-hydrogen) atoms. The van der Waals surface area contributed by atoms with Crippen LogP contribution in [0.15, 0.2) is 70.7 Å². The van der Waals surface area contributed by atoms with Gasteiger partial charge in [0.2, 0.25) is 0 Å². The largest absolute Gasteiger partial charge is 0.488 e. The maximum Gasteiger partial charge on any atom is 0.259 e. The predicted molar refractivity (Wildman–Crippen MR) is 110 cm³/mol. The summed E-state index contributed by atoms with van der Waals surface area (Å²) in [4.78, 5) is 12.8. The Kier molecular flexibility index (Phi) is 5.94. The molecule has 0 heterocycles. The van der Waals surface area contributed by atoms with Gasteiger partial charge in [-0.15, -0.1) is 0 Å². The molecule has 0 aliphatic heterocycles. The number of halogens is 1. The number of carbonyl (C=O) groups is 1. The predicted octanol–water partition coefficient (Wildman–Crippen LogP) is 5.91. The van der Waals surface area contributed by atoms with Crippen LogP contribution in [0.5, 0.6) is 5.75 Å². The Morgan fingerprint density at radius 1 is 1.27 bits per heavy atom. The monoisotopic (exact) mass is 411 g/mol. The number of benzene rings is 2. The zero-order chi connectivity index (χ0) is 18.5. The number of ether oxygens (including phenoxy) is 1. The average molecular weight is 412 g/mol. The fourth-order valence-corrected chi connectivity index (χ4v) is 3.13. The number of nitrogens with one attached hydrogen (secondary N) is 1. The molecule has 0 fully saturated rings. The van der Waals surface area contributed by atoms with Crippen LogP contribution >= 0.6 is 15.9 Å². The molecule has 2 aromatic carbocycles. The summed E-state index contributed by atoms with van der Waals surface area (Å²) in [5, 5.41) is 2.94. The fraction of sp³-hybridized carbons (Fsp3) is 0.227. The molecule has 0 radical (unpaired) electrons. The summed E-state index contributed by atoms with van der Waals surface area (Å²) in [6.07, 6.45) is 7.50. The van der Waals surface area contributed by atoms with Crippen LogP contribution in [0.2, 0.25) is 0 Å². The standard InChI is InChI=1S/C22H22BrNO2/c1-15-6-8-17(9-7-15)14-26-21-11-10-18(23)13-20(21)22(25)24-19-5-3-4-16(2)12-19/h3-6,8-13,15H,7,14H2,1-2H3,(H,24,25). The molecule has 1 N–H and O–H groups in total. The van der Waals surface area contributed by atoms with E-state index in [1.165, 1.54) is 0 Å². The molecule has 3 rings (SSSR count). The number of allylic oxidation sites excluding steroid dienone is 2. The van der Waals surface area contributed by atoms with Crippen LogP contribution in [-0.4, -0.2) is 12.5 Å². The summed E-state index contributed by atoms with van der Waals surface area (Å²) < 4.78 is 6.79. The number of hydrogen-bond acceptors (Lipinski definition) is 2. The molecular weight excluding hydrogens is 390 g/mol. The van der Waals surface area contributed by atoms with Crippen molar-refractivity contribution in [3.8, 4) is 5.75 Å². The first kappa shape index (κ1) is 18.5. The third kappa shape index (κ3) is 4.85. The molecule has 3 nitrogen and oxygen atoms in total. The molecule has 0 aromatic heterocycles. The van der Waals surface area contributed by atoms with Crippen LogP contribution < -0.4 is 10.1 Å². The number of aryl methyl sites for hydroxylation is 1. The van der Waals surface area contributed by atoms with Gasteiger partial charge < -0.3 is 10.1 Å². The summed E-state index contributed by atoms with van der Waals surface area (Å²) >= 11 is 3.44. The molecule has 0 saturated heterocycles. The Balaban J connectivity index is 1.75. The lowest BCUT2D eigenvalue weighted by Crippen LogP contribution is -2.14. The van der Waals surface area contributed by atoms with Gasteiger partial charge >= 0.3 is 0 Å². The van der Waals surface area contributed by atoms with Gasteiger partial charge in [0.15, 0.2) is 0 Å². The second-order valence-electron chi connectivity index (χ2n) is 6.60. The maximum absolute atomic E-state index is 12.8. The second kappa shape index (κ2) is 8.37. The molecule has 1 unspecified atom stereocenters. The highest BCUT2D eigenvalue weighted by atomic mass is 79.9. The summed E-state index contributed by atoms with van der Waals surface area (Å²) in [6.45, 7) is 4.64. The summed E-state index contributed by atoms with van der Waals surface area (Å²) in [5.41, 5.74) is 3.51. The van der Waals surface area contributed by atoms with Crippen LogP contribution in [0.4, 0.5) is 5.69 Å². The fourth-order valence-electron chi connectivity index (χ4n) is 2.77. The lowest BCUT2D eigenvalue weighted by molar-refractivity contribution is 0.102. The van der Waals surface area contributed by atoms with Gasteiger partial charge in [-0.2, -0.15) is 0 Å².